The van der Waals surface area contributed by atoms with Crippen LogP contribution >= 0.6 is 11.8 Å². The van der Waals surface area contributed by atoms with Crippen LogP contribution < -0.4 is 4.74 Å². The van der Waals surface area contributed by atoms with Crippen LogP contribution in [0.1, 0.15) is 28.9 Å². The maximum absolute atomic E-state index is 11.3. The normalized spacial score (nSPS) is 12.0. The van der Waals surface area contributed by atoms with Gasteiger partial charge in [-0.1, -0.05) is 23.9 Å². The summed E-state index contributed by atoms with van der Waals surface area (Å²) < 4.78 is 5.14. The zero-order chi connectivity index (χ0) is 15.4. The summed E-state index contributed by atoms with van der Waals surface area (Å²) in [5.74, 6) is -0.374. The molecule has 0 aliphatic heterocycles. The summed E-state index contributed by atoms with van der Waals surface area (Å²) in [5.41, 5.74) is 1.02. The van der Waals surface area contributed by atoms with Gasteiger partial charge in [0.1, 0.15) is 5.75 Å². The molecular weight excluding hydrogens is 288 g/mol. The summed E-state index contributed by atoms with van der Waals surface area (Å²) in [5, 5.41) is 18.9. The molecule has 2 rings (SSSR count). The Morgan fingerprint density at radius 2 is 2.00 bits per heavy atom. The minimum atomic E-state index is -0.980. The molecule has 1 atom stereocenters. The average molecular weight is 304 g/mol. The minimum absolute atomic E-state index is 0.225. The number of aromatic carboxylic acids is 1. The van der Waals surface area contributed by atoms with Crippen LogP contribution in [0.3, 0.4) is 0 Å². The van der Waals surface area contributed by atoms with Gasteiger partial charge >= 0.3 is 5.97 Å². The Hall–Kier alpha value is -1.98. The van der Waals surface area contributed by atoms with E-state index in [4.69, 9.17) is 4.74 Å². The third-order valence-electron chi connectivity index (χ3n) is 2.99. The molecule has 2 aromatic rings. The van der Waals surface area contributed by atoms with E-state index >= 15 is 0 Å². The number of aliphatic hydroxyl groups excluding tert-OH is 1. The van der Waals surface area contributed by atoms with E-state index in [2.05, 4.69) is 0 Å². The molecule has 0 fully saturated rings. The molecule has 1 unspecified atom stereocenters. The highest BCUT2D eigenvalue weighted by Gasteiger charge is 2.13. The molecule has 5 heteroatoms. The molecule has 21 heavy (non-hydrogen) atoms. The van der Waals surface area contributed by atoms with E-state index < -0.39 is 12.1 Å². The van der Waals surface area contributed by atoms with Gasteiger partial charge in [-0.05, 0) is 42.8 Å². The standard InChI is InChI=1S/C16H16O4S/c1-10(17)11-4-3-5-13(8-11)21-15-9-12(20-2)6-7-14(15)16(18)19/h3-10,17H,1-2H3,(H,18,19). The number of hydrogen-bond donors (Lipinski definition) is 2. The molecule has 0 amide bonds. The van der Waals surface area contributed by atoms with Gasteiger partial charge in [-0.15, -0.1) is 0 Å². The van der Waals surface area contributed by atoms with Gasteiger partial charge in [0.05, 0.1) is 18.8 Å². The van der Waals surface area contributed by atoms with Gasteiger partial charge in [-0.3, -0.25) is 0 Å². The SMILES string of the molecule is COc1ccc(C(=O)O)c(Sc2cccc(C(C)O)c2)c1. The molecule has 0 aromatic heterocycles. The van der Waals surface area contributed by atoms with E-state index in [1.807, 2.05) is 24.3 Å². The number of benzene rings is 2. The Labute approximate surface area is 127 Å². The van der Waals surface area contributed by atoms with Crippen molar-refractivity contribution in [1.29, 1.82) is 0 Å². The molecule has 0 bridgehead atoms. The zero-order valence-corrected chi connectivity index (χ0v) is 12.6. The Morgan fingerprint density at radius 1 is 1.24 bits per heavy atom. The number of methoxy groups -OCH3 is 1. The van der Waals surface area contributed by atoms with Gasteiger partial charge in [0.25, 0.3) is 0 Å². The van der Waals surface area contributed by atoms with Crippen molar-refractivity contribution in [3.8, 4) is 5.75 Å². The molecule has 0 heterocycles. The highest BCUT2D eigenvalue weighted by atomic mass is 32.2. The topological polar surface area (TPSA) is 66.8 Å². The lowest BCUT2D eigenvalue weighted by molar-refractivity contribution is 0.0693. The highest BCUT2D eigenvalue weighted by molar-refractivity contribution is 7.99. The largest absolute Gasteiger partial charge is 0.497 e. The van der Waals surface area contributed by atoms with Crippen molar-refractivity contribution < 1.29 is 19.7 Å². The first-order chi connectivity index (χ1) is 10.0. The van der Waals surface area contributed by atoms with Gasteiger partial charge in [0, 0.05) is 9.79 Å². The second-order valence-corrected chi connectivity index (χ2v) is 5.63. The fraction of sp³-hybridized carbons (Fsp3) is 0.188. The summed E-state index contributed by atoms with van der Waals surface area (Å²) in [7, 11) is 1.54. The Bertz CT molecular complexity index is 652. The van der Waals surface area contributed by atoms with Crippen LogP contribution in [0.25, 0.3) is 0 Å². The second kappa shape index (κ2) is 6.65. The van der Waals surface area contributed by atoms with Gasteiger partial charge in [0.15, 0.2) is 0 Å². The molecule has 0 aliphatic rings. The molecule has 0 spiro atoms. The fourth-order valence-corrected chi connectivity index (χ4v) is 2.89. The molecule has 0 aliphatic carbocycles. The molecule has 2 N–H and O–H groups in total. The van der Waals surface area contributed by atoms with Gasteiger partial charge in [-0.2, -0.15) is 0 Å². The third-order valence-corrected chi connectivity index (χ3v) is 4.03. The van der Waals surface area contributed by atoms with Crippen molar-refractivity contribution >= 4 is 17.7 Å². The Morgan fingerprint density at radius 3 is 2.62 bits per heavy atom. The first kappa shape index (κ1) is 15.4. The predicted molar refractivity (Wildman–Crippen MR) is 81.2 cm³/mol. The first-order valence-corrected chi connectivity index (χ1v) is 7.20. The monoisotopic (exact) mass is 304 g/mol. The van der Waals surface area contributed by atoms with E-state index in [1.54, 1.807) is 19.1 Å². The molecule has 0 saturated heterocycles. The van der Waals surface area contributed by atoms with Crippen LogP contribution in [0, 0.1) is 0 Å². The van der Waals surface area contributed by atoms with Crippen LogP contribution in [-0.4, -0.2) is 23.3 Å². The van der Waals surface area contributed by atoms with Crippen LogP contribution in [0.2, 0.25) is 0 Å². The fourth-order valence-electron chi connectivity index (χ4n) is 1.86. The molecule has 0 radical (unpaired) electrons. The summed E-state index contributed by atoms with van der Waals surface area (Å²) >= 11 is 1.33. The highest BCUT2D eigenvalue weighted by Crippen LogP contribution is 2.34. The van der Waals surface area contributed by atoms with E-state index in [9.17, 15) is 15.0 Å². The number of aliphatic hydroxyl groups is 1. The van der Waals surface area contributed by atoms with Crippen LogP contribution in [-0.2, 0) is 0 Å². The maximum atomic E-state index is 11.3. The molecule has 2 aromatic carbocycles. The van der Waals surface area contributed by atoms with Gasteiger partial charge in [0.2, 0.25) is 0 Å². The van der Waals surface area contributed by atoms with Crippen LogP contribution in [0.5, 0.6) is 5.75 Å². The van der Waals surface area contributed by atoms with Crippen LogP contribution in [0.4, 0.5) is 0 Å². The van der Waals surface area contributed by atoms with Crippen molar-refractivity contribution in [2.24, 2.45) is 0 Å². The molecule has 110 valence electrons. The Balaban J connectivity index is 2.38. The Kier molecular flexibility index (Phi) is 4.88. The first-order valence-electron chi connectivity index (χ1n) is 6.38. The summed E-state index contributed by atoms with van der Waals surface area (Å²) in [4.78, 5) is 12.8. The number of rotatable bonds is 5. The predicted octanol–water partition coefficient (Wildman–Crippen LogP) is 3.60. The third kappa shape index (κ3) is 3.77. The zero-order valence-electron chi connectivity index (χ0n) is 11.7. The smallest absolute Gasteiger partial charge is 0.336 e. The van der Waals surface area contributed by atoms with Crippen LogP contribution in [0.15, 0.2) is 52.3 Å². The lowest BCUT2D eigenvalue weighted by Gasteiger charge is -2.10. The van der Waals surface area contributed by atoms with Crippen molar-refractivity contribution in [2.45, 2.75) is 22.8 Å². The number of carboxylic acid groups (broad SMARTS) is 1. The molecular formula is C16H16O4S. The number of hydrogen-bond acceptors (Lipinski definition) is 4. The number of carboxylic acids is 1. The van der Waals surface area contributed by atoms with E-state index in [0.29, 0.717) is 10.6 Å². The second-order valence-electron chi connectivity index (χ2n) is 4.52. The minimum Gasteiger partial charge on any atom is -0.497 e. The van der Waals surface area contributed by atoms with Gasteiger partial charge in [-0.25, -0.2) is 4.79 Å². The van der Waals surface area contributed by atoms with E-state index in [-0.39, 0.29) is 5.56 Å². The lowest BCUT2D eigenvalue weighted by atomic mass is 10.1. The maximum Gasteiger partial charge on any atom is 0.336 e. The lowest BCUT2D eigenvalue weighted by Crippen LogP contribution is -1.99. The van der Waals surface area contributed by atoms with Crippen molar-refractivity contribution in [1.82, 2.24) is 0 Å². The average Bonchev–Trinajstić information content (AvgIpc) is 2.47. The number of ether oxygens (including phenoxy) is 1. The van der Waals surface area contributed by atoms with E-state index in [1.165, 1.54) is 24.9 Å². The summed E-state index contributed by atoms with van der Waals surface area (Å²) in [6.07, 6.45) is -0.560. The quantitative estimate of drug-likeness (QED) is 0.883. The van der Waals surface area contributed by atoms with Gasteiger partial charge < -0.3 is 14.9 Å². The van der Waals surface area contributed by atoms with Crippen molar-refractivity contribution in [3.05, 3.63) is 53.6 Å². The number of carbonyl (C=O) groups is 1. The van der Waals surface area contributed by atoms with E-state index in [0.717, 1.165) is 10.5 Å². The summed E-state index contributed by atoms with van der Waals surface area (Å²) in [6.45, 7) is 1.69. The van der Waals surface area contributed by atoms with Crippen molar-refractivity contribution in [2.75, 3.05) is 7.11 Å². The summed E-state index contributed by atoms with van der Waals surface area (Å²) in [6, 6.07) is 12.2. The molecule has 4 nitrogen and oxygen atoms in total. The molecule has 0 saturated carbocycles. The van der Waals surface area contributed by atoms with Crippen molar-refractivity contribution in [3.63, 3.8) is 0 Å².